The van der Waals surface area contributed by atoms with Crippen LogP contribution in [0.5, 0.6) is 0 Å². The molecule has 0 saturated heterocycles. The predicted octanol–water partition coefficient (Wildman–Crippen LogP) is 12.8. The highest BCUT2D eigenvalue weighted by atomic mass is 32.1. The fourth-order valence-corrected chi connectivity index (χ4v) is 11.5. The number of nitrogens with zero attached hydrogens (tertiary/aromatic N) is 2. The summed E-state index contributed by atoms with van der Waals surface area (Å²) < 4.78 is 16.8. The van der Waals surface area contributed by atoms with Crippen molar-refractivity contribution in [2.45, 2.75) is 27.7 Å². The van der Waals surface area contributed by atoms with Crippen LogP contribution in [0.3, 0.4) is 0 Å². The van der Waals surface area contributed by atoms with Crippen molar-refractivity contribution >= 4 is 86.1 Å². The molecule has 0 saturated carbocycles. The van der Waals surface area contributed by atoms with Crippen LogP contribution in [0.25, 0.3) is 83.9 Å². The van der Waals surface area contributed by atoms with E-state index in [-0.39, 0.29) is 11.3 Å². The Hall–Kier alpha value is -5.48. The Morgan fingerprint density at radius 1 is 0.473 bits per heavy atom. The topological polar surface area (TPSA) is 66.9 Å². The fraction of sp³-hybridized carbons (Fsp3) is 0.174. The molecule has 0 unspecified atom stereocenters. The second-order valence-corrected chi connectivity index (χ2v) is 16.7. The molecule has 5 aromatic heterocycles. The lowest BCUT2D eigenvalue weighted by molar-refractivity contribution is 0.563. The van der Waals surface area contributed by atoms with Gasteiger partial charge in [0.2, 0.25) is 0 Å². The van der Waals surface area contributed by atoms with Crippen molar-refractivity contribution in [3.8, 4) is 43.1 Å². The maximum Gasteiger partial charge on any atom is 0.344 e. The van der Waals surface area contributed by atoms with Gasteiger partial charge in [-0.15, -0.1) is 34.0 Å². The first kappa shape index (κ1) is 35.2. The summed E-state index contributed by atoms with van der Waals surface area (Å²) in [6.07, 6.45) is 0. The molecule has 4 aromatic carbocycles. The molecule has 55 heavy (non-hydrogen) atoms. The lowest BCUT2D eigenvalue weighted by Crippen LogP contribution is -2.21. The zero-order chi connectivity index (χ0) is 37.8. The Labute approximate surface area is 330 Å². The number of fused-ring (bicyclic) bond motifs is 5. The van der Waals surface area contributed by atoms with E-state index in [1.165, 1.54) is 18.8 Å². The highest BCUT2D eigenvalue weighted by Gasteiger charge is 2.18. The van der Waals surface area contributed by atoms with Crippen LogP contribution in [-0.2, 0) is 0 Å². The van der Waals surface area contributed by atoms with Gasteiger partial charge in [0.1, 0.15) is 11.2 Å². The summed E-state index contributed by atoms with van der Waals surface area (Å²) >= 11 is 5.36. The molecular formula is C46H38N2O4S3. The van der Waals surface area contributed by atoms with Gasteiger partial charge in [0.15, 0.2) is 0 Å². The van der Waals surface area contributed by atoms with E-state index in [4.69, 9.17) is 8.83 Å². The van der Waals surface area contributed by atoms with Crippen molar-refractivity contribution in [3.05, 3.63) is 130 Å². The van der Waals surface area contributed by atoms with Gasteiger partial charge in [-0.2, -0.15) is 0 Å². The van der Waals surface area contributed by atoms with E-state index < -0.39 is 0 Å². The van der Waals surface area contributed by atoms with Gasteiger partial charge in [-0.05, 0) is 111 Å². The fourth-order valence-electron chi connectivity index (χ4n) is 7.47. The van der Waals surface area contributed by atoms with Crippen LogP contribution in [0.2, 0.25) is 0 Å². The normalized spacial score (nSPS) is 11.7. The average Bonchev–Trinajstić information content (AvgIpc) is 3.90. The first-order valence-electron chi connectivity index (χ1n) is 18.7. The first-order valence-corrected chi connectivity index (χ1v) is 21.1. The molecule has 9 rings (SSSR count). The van der Waals surface area contributed by atoms with Crippen molar-refractivity contribution in [2.75, 3.05) is 36.0 Å². The number of hydrogen-bond donors (Lipinski definition) is 0. The SMILES string of the molecule is CCN(CC)c1ccc2cc(-c3cccc(-c4cc5sc6cc(-c7cccc(-c8cc9ccc(N(CC)CC)cc9oc8=O)c7)sc6c5s4)c3)c(=O)oc2c1. The second kappa shape index (κ2) is 14.3. The van der Waals surface area contributed by atoms with E-state index in [2.05, 4.69) is 86.0 Å². The molecule has 274 valence electrons. The second-order valence-electron chi connectivity index (χ2n) is 13.6. The molecule has 9 aromatic rings. The standard InChI is InChI=1S/C46H38N2O4S3/c1-5-47(6-2)33-17-15-29-21-35(45(49)51-37(29)23-33)27-11-9-13-31(19-27)39-25-41-43(54-39)44-42(53-41)26-40(55-44)32-14-10-12-28(20-32)36-22-30-16-18-34(48(7-3)8-4)24-38(30)52-46(36)50/h9-26H,5-8H2,1-4H3. The Morgan fingerprint density at radius 2 is 0.891 bits per heavy atom. The van der Waals surface area contributed by atoms with Crippen LogP contribution < -0.4 is 21.1 Å². The first-order chi connectivity index (χ1) is 26.8. The zero-order valence-electron chi connectivity index (χ0n) is 31.0. The van der Waals surface area contributed by atoms with Crippen LogP contribution in [0.1, 0.15) is 27.7 Å². The summed E-state index contributed by atoms with van der Waals surface area (Å²) in [6, 6.07) is 36.9. The maximum atomic E-state index is 13.3. The van der Waals surface area contributed by atoms with Gasteiger partial charge in [-0.3, -0.25) is 0 Å². The molecule has 0 atom stereocenters. The van der Waals surface area contributed by atoms with Gasteiger partial charge in [-0.25, -0.2) is 9.59 Å². The zero-order valence-corrected chi connectivity index (χ0v) is 33.4. The van der Waals surface area contributed by atoms with Gasteiger partial charge in [0, 0.05) is 79.6 Å². The summed E-state index contributed by atoms with van der Waals surface area (Å²) in [5.74, 6) is 0. The Bertz CT molecular complexity index is 2810. The van der Waals surface area contributed by atoms with Crippen LogP contribution in [0.15, 0.2) is 128 Å². The minimum absolute atomic E-state index is 0.337. The summed E-state index contributed by atoms with van der Waals surface area (Å²) in [5, 5.41) is 1.80. The third-order valence-corrected chi connectivity index (χ3v) is 14.3. The van der Waals surface area contributed by atoms with Crippen molar-refractivity contribution in [2.24, 2.45) is 0 Å². The summed E-state index contributed by atoms with van der Waals surface area (Å²) in [6.45, 7) is 12.0. The van der Waals surface area contributed by atoms with Crippen LogP contribution >= 0.6 is 34.0 Å². The highest BCUT2D eigenvalue weighted by Crippen LogP contribution is 2.48. The number of rotatable bonds is 10. The molecule has 9 heteroatoms. The molecule has 6 nitrogen and oxygen atoms in total. The smallest absolute Gasteiger partial charge is 0.344 e. The van der Waals surface area contributed by atoms with E-state index in [0.717, 1.165) is 80.3 Å². The lowest BCUT2D eigenvalue weighted by Gasteiger charge is -2.21. The molecule has 0 amide bonds. The van der Waals surface area contributed by atoms with Gasteiger partial charge in [0.25, 0.3) is 0 Å². The summed E-state index contributed by atoms with van der Waals surface area (Å²) in [4.78, 5) is 33.4. The van der Waals surface area contributed by atoms with Gasteiger partial charge in [0.05, 0.1) is 20.5 Å². The quantitative estimate of drug-likeness (QED) is 0.129. The largest absolute Gasteiger partial charge is 0.422 e. The minimum Gasteiger partial charge on any atom is -0.422 e. The molecule has 0 spiro atoms. The maximum absolute atomic E-state index is 13.3. The van der Waals surface area contributed by atoms with E-state index in [9.17, 15) is 9.59 Å². The van der Waals surface area contributed by atoms with E-state index in [1.54, 1.807) is 34.0 Å². The summed E-state index contributed by atoms with van der Waals surface area (Å²) in [7, 11) is 0. The molecule has 0 aliphatic heterocycles. The summed E-state index contributed by atoms with van der Waals surface area (Å²) in [5.41, 5.74) is 7.55. The van der Waals surface area contributed by atoms with E-state index in [1.807, 2.05) is 60.7 Å². The van der Waals surface area contributed by atoms with Crippen LogP contribution in [-0.4, -0.2) is 26.2 Å². The van der Waals surface area contributed by atoms with Crippen LogP contribution in [0.4, 0.5) is 11.4 Å². The van der Waals surface area contributed by atoms with Gasteiger partial charge >= 0.3 is 11.3 Å². The molecule has 0 bridgehead atoms. The molecule has 0 fully saturated rings. The molecule has 0 aliphatic carbocycles. The number of benzene rings is 4. The third-order valence-electron chi connectivity index (χ3n) is 10.4. The molecule has 0 N–H and O–H groups in total. The average molecular weight is 779 g/mol. The molecule has 0 aliphatic rings. The van der Waals surface area contributed by atoms with Crippen LogP contribution in [0, 0.1) is 0 Å². The molecular weight excluding hydrogens is 741 g/mol. The number of thiophene rings is 3. The van der Waals surface area contributed by atoms with Gasteiger partial charge in [-0.1, -0.05) is 36.4 Å². The van der Waals surface area contributed by atoms with Crippen molar-refractivity contribution in [1.29, 1.82) is 0 Å². The lowest BCUT2D eigenvalue weighted by atomic mass is 10.0. The Balaban J connectivity index is 1.02. The number of anilines is 2. The van der Waals surface area contributed by atoms with Gasteiger partial charge < -0.3 is 18.6 Å². The predicted molar refractivity (Wildman–Crippen MR) is 236 cm³/mol. The third kappa shape index (κ3) is 6.36. The van der Waals surface area contributed by atoms with E-state index >= 15 is 0 Å². The highest BCUT2D eigenvalue weighted by molar-refractivity contribution is 7.40. The van der Waals surface area contributed by atoms with E-state index in [0.29, 0.717) is 22.3 Å². The number of hydrogen-bond acceptors (Lipinski definition) is 9. The Morgan fingerprint density at radius 3 is 1.31 bits per heavy atom. The monoisotopic (exact) mass is 778 g/mol. The molecule has 5 heterocycles. The van der Waals surface area contributed by atoms with Crippen molar-refractivity contribution in [3.63, 3.8) is 0 Å². The Kier molecular flexibility index (Phi) is 9.16. The van der Waals surface area contributed by atoms with Crippen molar-refractivity contribution < 1.29 is 8.83 Å². The van der Waals surface area contributed by atoms with Crippen molar-refractivity contribution in [1.82, 2.24) is 0 Å². The minimum atomic E-state index is -0.337. The molecule has 0 radical (unpaired) electrons.